The van der Waals surface area contributed by atoms with Crippen LogP contribution in [0.15, 0.2) is 78.0 Å². The Morgan fingerprint density at radius 2 is 1.77 bits per heavy atom. The Kier molecular flexibility index (Phi) is 7.35. The first kappa shape index (κ1) is 26.0. The lowest BCUT2D eigenvalue weighted by Crippen LogP contribution is -2.46. The summed E-state index contributed by atoms with van der Waals surface area (Å²) in [6.45, 7) is 3.64. The summed E-state index contributed by atoms with van der Waals surface area (Å²) >= 11 is 0. The highest BCUT2D eigenvalue weighted by Gasteiger charge is 2.30. The molecule has 0 bridgehead atoms. The molecule has 8 heteroatoms. The van der Waals surface area contributed by atoms with Crippen LogP contribution < -0.4 is 10.2 Å². The van der Waals surface area contributed by atoms with Gasteiger partial charge in [0.2, 0.25) is 0 Å². The van der Waals surface area contributed by atoms with Crippen LogP contribution in [0, 0.1) is 11.8 Å². The minimum Gasteiger partial charge on any atom is -0.445 e. The topological polar surface area (TPSA) is 100 Å². The highest BCUT2D eigenvalue weighted by Crippen LogP contribution is 2.28. The number of fused-ring (bicyclic) bond motifs is 2. The summed E-state index contributed by atoms with van der Waals surface area (Å²) in [4.78, 5) is 33.1. The smallest absolute Gasteiger partial charge is 0.407 e. The van der Waals surface area contributed by atoms with Gasteiger partial charge in [0.25, 0.3) is 5.91 Å². The van der Waals surface area contributed by atoms with E-state index >= 15 is 0 Å². The Morgan fingerprint density at radius 1 is 1.08 bits per heavy atom. The van der Waals surface area contributed by atoms with Crippen LogP contribution in [0.5, 0.6) is 0 Å². The van der Waals surface area contributed by atoms with Gasteiger partial charge in [0.15, 0.2) is 6.10 Å². The minimum atomic E-state index is -0.756. The third-order valence-corrected chi connectivity index (χ3v) is 6.54. The average Bonchev–Trinajstić information content (AvgIpc) is 3.42. The van der Waals surface area contributed by atoms with Crippen molar-refractivity contribution in [3.8, 4) is 11.8 Å². The Balaban J connectivity index is 1.24. The highest BCUT2D eigenvalue weighted by molar-refractivity contribution is 6.09. The number of amides is 2. The van der Waals surface area contributed by atoms with E-state index in [1.165, 1.54) is 0 Å². The molecular formula is C31H29N3O5. The van der Waals surface area contributed by atoms with E-state index in [4.69, 9.17) is 9.57 Å². The summed E-state index contributed by atoms with van der Waals surface area (Å²) in [6, 6.07) is 22.5. The molecule has 198 valence electrons. The first-order chi connectivity index (χ1) is 18.8. The highest BCUT2D eigenvalue weighted by atomic mass is 16.6. The second-order valence-electron chi connectivity index (χ2n) is 10.1. The molecule has 0 radical (unpaired) electrons. The molecule has 0 spiro atoms. The molecule has 0 saturated carbocycles. The maximum atomic E-state index is 13.6. The lowest BCUT2D eigenvalue weighted by Gasteiger charge is -2.27. The molecule has 1 atom stereocenters. The van der Waals surface area contributed by atoms with Gasteiger partial charge in [0, 0.05) is 17.5 Å². The Morgan fingerprint density at radius 3 is 2.54 bits per heavy atom. The summed E-state index contributed by atoms with van der Waals surface area (Å²) in [5.41, 5.74) is 4.52. The number of aliphatic hydroxyl groups is 1. The number of hydrogen-bond acceptors (Lipinski definition) is 6. The fourth-order valence-electron chi connectivity index (χ4n) is 4.36. The molecular weight excluding hydrogens is 494 g/mol. The molecule has 0 saturated heterocycles. The Bertz CT molecular complexity index is 1480. The van der Waals surface area contributed by atoms with Gasteiger partial charge in [-0.15, -0.1) is 0 Å². The summed E-state index contributed by atoms with van der Waals surface area (Å²) in [5, 5.41) is 16.2. The summed E-state index contributed by atoms with van der Waals surface area (Å²) in [5.74, 6) is 6.22. The van der Waals surface area contributed by atoms with Gasteiger partial charge in [-0.25, -0.2) is 4.79 Å². The standard InChI is InChI=1S/C31H29N3O5/c1-31(2,20-35)32-30(37)38-19-21-11-13-23(14-12-21)27-17-25(39-33-27)18-34-28-10-6-4-8-24(28)16-15-22-7-3-5-9-26(22)29(34)36/h3-14,25,35H,17-20H2,1-2H3,(H,32,37). The third kappa shape index (κ3) is 5.95. The molecule has 0 aliphatic carbocycles. The van der Waals surface area contributed by atoms with Crippen molar-refractivity contribution in [2.45, 2.75) is 38.5 Å². The van der Waals surface area contributed by atoms with Crippen LogP contribution in [0.3, 0.4) is 0 Å². The van der Waals surface area contributed by atoms with Gasteiger partial charge >= 0.3 is 6.09 Å². The molecule has 39 heavy (non-hydrogen) atoms. The van der Waals surface area contributed by atoms with Crippen molar-refractivity contribution in [2.75, 3.05) is 18.1 Å². The van der Waals surface area contributed by atoms with Crippen LogP contribution in [-0.2, 0) is 16.2 Å². The van der Waals surface area contributed by atoms with Crippen LogP contribution in [0.4, 0.5) is 10.5 Å². The molecule has 2 amide bonds. The fourth-order valence-corrected chi connectivity index (χ4v) is 4.36. The molecule has 0 aromatic heterocycles. The van der Waals surface area contributed by atoms with Gasteiger partial charge < -0.3 is 24.9 Å². The first-order valence-electron chi connectivity index (χ1n) is 12.7. The molecule has 2 aliphatic heterocycles. The molecule has 2 N–H and O–H groups in total. The number of carbonyl (C=O) groups is 2. The van der Waals surface area contributed by atoms with Crippen molar-refractivity contribution in [2.24, 2.45) is 5.16 Å². The normalized spacial score (nSPS) is 16.0. The number of rotatable bonds is 7. The quantitative estimate of drug-likeness (QED) is 0.452. The summed E-state index contributed by atoms with van der Waals surface area (Å²) in [7, 11) is 0. The van der Waals surface area contributed by atoms with Gasteiger partial charge in [0.1, 0.15) is 6.61 Å². The van der Waals surface area contributed by atoms with Crippen LogP contribution >= 0.6 is 0 Å². The van der Waals surface area contributed by atoms with Gasteiger partial charge in [0.05, 0.1) is 35.7 Å². The largest absolute Gasteiger partial charge is 0.445 e. The number of alkyl carbamates (subject to hydrolysis) is 1. The van der Waals surface area contributed by atoms with Crippen molar-refractivity contribution in [1.29, 1.82) is 0 Å². The number of anilines is 1. The predicted molar refractivity (Wildman–Crippen MR) is 147 cm³/mol. The zero-order valence-electron chi connectivity index (χ0n) is 21.8. The number of benzene rings is 3. The number of ether oxygens (including phenoxy) is 1. The Labute approximate surface area is 227 Å². The molecule has 0 fully saturated rings. The van der Waals surface area contributed by atoms with Crippen LogP contribution in [0.1, 0.15) is 52.9 Å². The van der Waals surface area contributed by atoms with Crippen molar-refractivity contribution >= 4 is 23.4 Å². The van der Waals surface area contributed by atoms with Gasteiger partial charge in [-0.2, -0.15) is 0 Å². The zero-order valence-corrected chi connectivity index (χ0v) is 21.8. The molecule has 3 aromatic rings. The monoisotopic (exact) mass is 523 g/mol. The van der Waals surface area contributed by atoms with Gasteiger partial charge in [-0.1, -0.05) is 65.5 Å². The van der Waals surface area contributed by atoms with E-state index in [9.17, 15) is 14.7 Å². The van der Waals surface area contributed by atoms with Crippen LogP contribution in [0.25, 0.3) is 0 Å². The SMILES string of the molecule is CC(C)(CO)NC(=O)OCc1ccc(C2=NOC(CN3C(=O)c4ccccc4C#Cc4ccccc43)C2)cc1. The Hall–Kier alpha value is -4.61. The number of carbonyl (C=O) groups excluding carboxylic acids is 2. The number of para-hydroxylation sites is 1. The number of nitrogens with one attached hydrogen (secondary N) is 1. The van der Waals surface area contributed by atoms with E-state index in [1.54, 1.807) is 24.8 Å². The van der Waals surface area contributed by atoms with E-state index in [0.29, 0.717) is 24.1 Å². The number of hydrogen-bond donors (Lipinski definition) is 2. The molecule has 8 nitrogen and oxygen atoms in total. The lowest BCUT2D eigenvalue weighted by molar-refractivity contribution is 0.0817. The third-order valence-electron chi connectivity index (χ3n) is 6.54. The molecule has 3 aromatic carbocycles. The summed E-state index contributed by atoms with van der Waals surface area (Å²) in [6.07, 6.45) is -0.380. The van der Waals surface area contributed by atoms with Crippen LogP contribution in [0.2, 0.25) is 0 Å². The van der Waals surface area contributed by atoms with Crippen molar-refractivity contribution in [3.63, 3.8) is 0 Å². The summed E-state index contributed by atoms with van der Waals surface area (Å²) < 4.78 is 5.25. The minimum absolute atomic E-state index is 0.0973. The second kappa shape index (κ2) is 11.0. The predicted octanol–water partition coefficient (Wildman–Crippen LogP) is 4.24. The van der Waals surface area contributed by atoms with Gasteiger partial charge in [-0.05, 0) is 49.2 Å². The van der Waals surface area contributed by atoms with E-state index < -0.39 is 11.6 Å². The van der Waals surface area contributed by atoms with E-state index in [0.717, 1.165) is 28.1 Å². The zero-order chi connectivity index (χ0) is 27.4. The van der Waals surface area contributed by atoms with E-state index in [-0.39, 0.29) is 25.2 Å². The fraction of sp³-hybridized carbons (Fsp3) is 0.258. The number of oxime groups is 1. The maximum absolute atomic E-state index is 13.6. The second-order valence-corrected chi connectivity index (χ2v) is 10.1. The molecule has 1 unspecified atom stereocenters. The number of aliphatic hydroxyl groups excluding tert-OH is 1. The molecule has 2 aliphatic rings. The van der Waals surface area contributed by atoms with Gasteiger partial charge in [-0.3, -0.25) is 4.79 Å². The van der Waals surface area contributed by atoms with Crippen molar-refractivity contribution in [1.82, 2.24) is 5.32 Å². The maximum Gasteiger partial charge on any atom is 0.407 e. The first-order valence-corrected chi connectivity index (χ1v) is 12.7. The lowest BCUT2D eigenvalue weighted by atomic mass is 10.0. The molecule has 2 heterocycles. The average molecular weight is 524 g/mol. The van der Waals surface area contributed by atoms with Crippen molar-refractivity contribution in [3.05, 3.63) is 101 Å². The van der Waals surface area contributed by atoms with E-state index in [1.807, 2.05) is 66.7 Å². The van der Waals surface area contributed by atoms with E-state index in [2.05, 4.69) is 22.3 Å². The van der Waals surface area contributed by atoms with Crippen LogP contribution in [-0.4, -0.2) is 47.6 Å². The number of nitrogens with zero attached hydrogens (tertiary/aromatic N) is 2. The molecule has 5 rings (SSSR count). The van der Waals surface area contributed by atoms with Crippen molar-refractivity contribution < 1.29 is 24.3 Å².